The predicted octanol–water partition coefficient (Wildman–Crippen LogP) is 3.20. The monoisotopic (exact) mass is 358 g/mol. The van der Waals surface area contributed by atoms with Gasteiger partial charge in [-0.15, -0.1) is 0 Å². The van der Waals surface area contributed by atoms with E-state index in [1.807, 2.05) is 0 Å². The number of fused-ring (bicyclic) bond motifs is 1. The van der Waals surface area contributed by atoms with Gasteiger partial charge in [-0.2, -0.15) is 0 Å². The van der Waals surface area contributed by atoms with Gasteiger partial charge in [0.1, 0.15) is 11.3 Å². The van der Waals surface area contributed by atoms with Gasteiger partial charge in [-0.25, -0.2) is 4.79 Å². The lowest BCUT2D eigenvalue weighted by Gasteiger charge is -2.16. The number of aromatic hydroxyl groups is 1. The van der Waals surface area contributed by atoms with Gasteiger partial charge in [0, 0.05) is 17.0 Å². The van der Waals surface area contributed by atoms with E-state index in [4.69, 9.17) is 23.4 Å². The molecule has 0 aliphatic heterocycles. The van der Waals surface area contributed by atoms with Crippen LogP contribution in [0, 0.1) is 0 Å². The topological polar surface area (TPSA) is 87.4 Å². The fraction of sp³-hybridized carbons (Fsp3) is 0.211. The minimum atomic E-state index is -0.615. The predicted molar refractivity (Wildman–Crippen MR) is 95.8 cm³/mol. The highest BCUT2D eigenvalue weighted by Crippen LogP contribution is 2.49. The van der Waals surface area contributed by atoms with Crippen LogP contribution in [0.15, 0.2) is 39.5 Å². The van der Waals surface area contributed by atoms with Crippen molar-refractivity contribution in [3.63, 3.8) is 0 Å². The van der Waals surface area contributed by atoms with Gasteiger partial charge in [-0.3, -0.25) is 0 Å². The Balaban J connectivity index is 2.29. The molecule has 0 saturated carbocycles. The molecule has 0 spiro atoms. The summed E-state index contributed by atoms with van der Waals surface area (Å²) in [5, 5.41) is 11.3. The maximum absolute atomic E-state index is 12.5. The summed E-state index contributed by atoms with van der Waals surface area (Å²) in [4.78, 5) is 12.5. The number of phenols is 1. The van der Waals surface area contributed by atoms with Crippen molar-refractivity contribution in [1.29, 1.82) is 0 Å². The molecule has 0 saturated heterocycles. The summed E-state index contributed by atoms with van der Waals surface area (Å²) in [6, 6.07) is 8.26. The lowest BCUT2D eigenvalue weighted by Crippen LogP contribution is -2.04. The van der Waals surface area contributed by atoms with Crippen molar-refractivity contribution in [1.82, 2.24) is 0 Å². The number of methoxy groups -OCH3 is 4. The zero-order chi connectivity index (χ0) is 18.8. The Morgan fingerprint density at radius 2 is 1.58 bits per heavy atom. The lowest BCUT2D eigenvalue weighted by molar-refractivity contribution is 0.311. The Morgan fingerprint density at radius 1 is 0.846 bits per heavy atom. The van der Waals surface area contributed by atoms with Crippen LogP contribution in [0.1, 0.15) is 0 Å². The highest BCUT2D eigenvalue weighted by molar-refractivity contribution is 5.86. The van der Waals surface area contributed by atoms with Gasteiger partial charge in [-0.05, 0) is 24.3 Å². The number of rotatable bonds is 5. The molecule has 7 nitrogen and oxygen atoms in total. The molecule has 0 aliphatic rings. The number of hydrogen-bond donors (Lipinski definition) is 1. The van der Waals surface area contributed by atoms with Crippen LogP contribution < -0.4 is 24.6 Å². The van der Waals surface area contributed by atoms with E-state index in [0.29, 0.717) is 22.5 Å². The van der Waals surface area contributed by atoms with Crippen molar-refractivity contribution in [2.75, 3.05) is 28.4 Å². The molecule has 0 amide bonds. The molecule has 2 aromatic carbocycles. The van der Waals surface area contributed by atoms with Gasteiger partial charge in [0.15, 0.2) is 11.5 Å². The highest BCUT2D eigenvalue weighted by atomic mass is 16.5. The third-order valence-electron chi connectivity index (χ3n) is 4.04. The van der Waals surface area contributed by atoms with Crippen molar-refractivity contribution in [3.05, 3.63) is 40.8 Å². The van der Waals surface area contributed by atoms with E-state index in [-0.39, 0.29) is 28.4 Å². The first kappa shape index (κ1) is 17.5. The van der Waals surface area contributed by atoms with Crippen LogP contribution in [0.3, 0.4) is 0 Å². The molecule has 1 aromatic heterocycles. The summed E-state index contributed by atoms with van der Waals surface area (Å²) < 4.78 is 26.3. The maximum Gasteiger partial charge on any atom is 0.344 e. The summed E-state index contributed by atoms with van der Waals surface area (Å²) in [6.45, 7) is 0. The second kappa shape index (κ2) is 6.87. The normalized spacial score (nSPS) is 10.6. The van der Waals surface area contributed by atoms with Gasteiger partial charge in [0.25, 0.3) is 0 Å². The Labute approximate surface area is 149 Å². The van der Waals surface area contributed by atoms with Crippen LogP contribution >= 0.6 is 0 Å². The molecule has 0 unspecified atom stereocenters. The molecule has 0 fully saturated rings. The molecule has 0 aliphatic carbocycles. The Bertz CT molecular complexity index is 1020. The SMILES string of the molecule is COc1ccc2cc(-c3cc(OC)c(OC)c(OC)c3O)c(=O)oc2c1. The van der Waals surface area contributed by atoms with E-state index >= 15 is 0 Å². The maximum atomic E-state index is 12.5. The largest absolute Gasteiger partial charge is 0.504 e. The standard InChI is InChI=1S/C19H18O7/c1-22-11-6-5-10-7-13(19(21)26-14(10)8-11)12-9-15(23-2)17(24-3)18(25-4)16(12)20/h5-9,20H,1-4H3. The van der Waals surface area contributed by atoms with Crippen molar-refractivity contribution < 1.29 is 28.5 Å². The fourth-order valence-corrected chi connectivity index (χ4v) is 2.75. The third kappa shape index (κ3) is 2.77. The van der Waals surface area contributed by atoms with Crippen molar-refractivity contribution >= 4 is 11.0 Å². The zero-order valence-corrected chi connectivity index (χ0v) is 14.8. The smallest absolute Gasteiger partial charge is 0.344 e. The van der Waals surface area contributed by atoms with Crippen LogP contribution in [0.2, 0.25) is 0 Å². The molecular formula is C19H18O7. The molecule has 3 rings (SSSR count). The van der Waals surface area contributed by atoms with E-state index in [1.165, 1.54) is 34.5 Å². The summed E-state index contributed by atoms with van der Waals surface area (Å²) in [6.07, 6.45) is 0. The number of phenolic OH excluding ortho intramolecular Hbond substituents is 1. The second-order valence-corrected chi connectivity index (χ2v) is 5.39. The summed E-state index contributed by atoms with van der Waals surface area (Å²) in [7, 11) is 5.79. The van der Waals surface area contributed by atoms with Crippen LogP contribution in [0.5, 0.6) is 28.7 Å². The van der Waals surface area contributed by atoms with Crippen molar-refractivity contribution in [2.45, 2.75) is 0 Å². The van der Waals surface area contributed by atoms with Crippen molar-refractivity contribution in [2.24, 2.45) is 0 Å². The molecule has 3 aromatic rings. The lowest BCUT2D eigenvalue weighted by atomic mass is 10.0. The average molecular weight is 358 g/mol. The molecule has 0 radical (unpaired) electrons. The molecule has 136 valence electrons. The quantitative estimate of drug-likeness (QED) is 0.701. The molecule has 1 heterocycles. The highest BCUT2D eigenvalue weighted by Gasteiger charge is 2.23. The third-order valence-corrected chi connectivity index (χ3v) is 4.04. The van der Waals surface area contributed by atoms with E-state index in [1.54, 1.807) is 24.3 Å². The first-order chi connectivity index (χ1) is 12.5. The van der Waals surface area contributed by atoms with Gasteiger partial charge in [0.2, 0.25) is 11.5 Å². The van der Waals surface area contributed by atoms with E-state index < -0.39 is 5.63 Å². The minimum Gasteiger partial charge on any atom is -0.504 e. The Hall–Kier alpha value is -3.35. The fourth-order valence-electron chi connectivity index (χ4n) is 2.75. The Morgan fingerprint density at radius 3 is 2.19 bits per heavy atom. The summed E-state index contributed by atoms with van der Waals surface area (Å²) in [5.74, 6) is 0.933. The number of benzene rings is 2. The van der Waals surface area contributed by atoms with Gasteiger partial charge < -0.3 is 28.5 Å². The minimum absolute atomic E-state index is 0.0658. The Kier molecular flexibility index (Phi) is 4.62. The second-order valence-electron chi connectivity index (χ2n) is 5.39. The van der Waals surface area contributed by atoms with Crippen LogP contribution in [-0.4, -0.2) is 33.5 Å². The first-order valence-electron chi connectivity index (χ1n) is 7.68. The van der Waals surface area contributed by atoms with Crippen LogP contribution in [0.4, 0.5) is 0 Å². The van der Waals surface area contributed by atoms with Crippen LogP contribution in [-0.2, 0) is 0 Å². The zero-order valence-electron chi connectivity index (χ0n) is 14.8. The molecule has 0 atom stereocenters. The van der Waals surface area contributed by atoms with Crippen LogP contribution in [0.25, 0.3) is 22.1 Å². The molecule has 1 N–H and O–H groups in total. The van der Waals surface area contributed by atoms with E-state index in [2.05, 4.69) is 0 Å². The van der Waals surface area contributed by atoms with E-state index in [0.717, 1.165) is 0 Å². The average Bonchev–Trinajstić information content (AvgIpc) is 2.66. The molecule has 7 heteroatoms. The molecule has 26 heavy (non-hydrogen) atoms. The van der Waals surface area contributed by atoms with Gasteiger partial charge >= 0.3 is 5.63 Å². The number of hydrogen-bond acceptors (Lipinski definition) is 7. The summed E-state index contributed by atoms with van der Waals surface area (Å²) >= 11 is 0. The molecular weight excluding hydrogens is 340 g/mol. The molecule has 0 bridgehead atoms. The summed E-state index contributed by atoms with van der Waals surface area (Å²) in [5.41, 5.74) is 0.144. The number of ether oxygens (including phenoxy) is 4. The van der Waals surface area contributed by atoms with E-state index in [9.17, 15) is 9.90 Å². The van der Waals surface area contributed by atoms with Gasteiger partial charge in [-0.1, -0.05) is 0 Å². The van der Waals surface area contributed by atoms with Crippen molar-refractivity contribution in [3.8, 4) is 39.9 Å². The van der Waals surface area contributed by atoms with Gasteiger partial charge in [0.05, 0.1) is 34.0 Å². The first-order valence-corrected chi connectivity index (χ1v) is 7.68.